The number of carbonyl (C=O) groups excluding carboxylic acids is 1. The molecule has 25 heavy (non-hydrogen) atoms. The minimum Gasteiger partial charge on any atom is -0.496 e. The van der Waals surface area contributed by atoms with Gasteiger partial charge in [-0.05, 0) is 36.2 Å². The van der Waals surface area contributed by atoms with Crippen molar-refractivity contribution in [2.45, 2.75) is 20.0 Å². The van der Waals surface area contributed by atoms with Gasteiger partial charge in [-0.1, -0.05) is 25.1 Å². The maximum Gasteiger partial charge on any atom is 0.264 e. The molecule has 2 aromatic carbocycles. The van der Waals surface area contributed by atoms with E-state index in [0.29, 0.717) is 5.75 Å². The molecule has 0 unspecified atom stereocenters. The molecular weight excluding hydrogens is 342 g/mol. The van der Waals surface area contributed by atoms with Gasteiger partial charge >= 0.3 is 0 Å². The molecular formula is C18H21NO5S. The normalized spacial score (nSPS) is 11.0. The molecule has 0 saturated heterocycles. The van der Waals surface area contributed by atoms with Crippen molar-refractivity contribution < 1.29 is 22.7 Å². The van der Waals surface area contributed by atoms with Crippen molar-refractivity contribution in [2.24, 2.45) is 0 Å². The third-order valence-corrected chi connectivity index (χ3v) is 4.11. The maximum absolute atomic E-state index is 11.9. The molecule has 0 aliphatic carbocycles. The smallest absolute Gasteiger partial charge is 0.264 e. The van der Waals surface area contributed by atoms with E-state index in [1.165, 1.54) is 24.8 Å². The van der Waals surface area contributed by atoms with Crippen molar-refractivity contribution in [3.8, 4) is 11.5 Å². The number of rotatable bonds is 7. The molecule has 0 spiro atoms. The number of sulfonamides is 1. The van der Waals surface area contributed by atoms with Crippen LogP contribution in [0, 0.1) is 0 Å². The minimum absolute atomic E-state index is 0.193. The molecule has 7 heteroatoms. The van der Waals surface area contributed by atoms with Crippen LogP contribution in [0.4, 0.5) is 0 Å². The number of hydrogen-bond donors (Lipinski definition) is 1. The summed E-state index contributed by atoms with van der Waals surface area (Å²) in [5, 5.41) is 0. The number of hydrogen-bond acceptors (Lipinski definition) is 5. The van der Waals surface area contributed by atoms with Gasteiger partial charge in [0.1, 0.15) is 18.1 Å². The third-order valence-electron chi connectivity index (χ3n) is 3.55. The fourth-order valence-electron chi connectivity index (χ4n) is 2.21. The van der Waals surface area contributed by atoms with Gasteiger partial charge in [-0.3, -0.25) is 4.79 Å². The van der Waals surface area contributed by atoms with Gasteiger partial charge in [0.15, 0.2) is 0 Å². The third kappa shape index (κ3) is 5.49. The summed E-state index contributed by atoms with van der Waals surface area (Å²) in [5.74, 6) is 0.480. The highest BCUT2D eigenvalue weighted by Crippen LogP contribution is 2.23. The van der Waals surface area contributed by atoms with Gasteiger partial charge in [-0.15, -0.1) is 0 Å². The number of methoxy groups -OCH3 is 1. The van der Waals surface area contributed by atoms with Crippen LogP contribution in [-0.2, 0) is 23.1 Å². The Balaban J connectivity index is 2.11. The molecule has 134 valence electrons. The van der Waals surface area contributed by atoms with Crippen molar-refractivity contribution >= 4 is 15.9 Å². The monoisotopic (exact) mass is 363 g/mol. The fourth-order valence-corrected chi connectivity index (χ4v) is 2.67. The van der Waals surface area contributed by atoms with Gasteiger partial charge in [0.2, 0.25) is 10.0 Å². The number of benzene rings is 2. The van der Waals surface area contributed by atoms with Crippen LogP contribution in [0.3, 0.4) is 0 Å². The summed E-state index contributed by atoms with van der Waals surface area (Å²) in [6.07, 6.45) is 1.89. The van der Waals surface area contributed by atoms with Crippen LogP contribution in [0.15, 0.2) is 42.5 Å². The van der Waals surface area contributed by atoms with E-state index in [2.05, 4.69) is 6.92 Å². The number of nitrogens with one attached hydrogen (secondary N) is 1. The number of ether oxygens (including phenoxy) is 2. The molecule has 0 aromatic heterocycles. The zero-order chi connectivity index (χ0) is 18.4. The first-order valence-corrected chi connectivity index (χ1v) is 9.62. The SMILES string of the molecule is CCc1ccc(OCc2ccc(C(=O)NS(C)(=O)=O)cc2OC)cc1. The molecule has 2 aromatic rings. The summed E-state index contributed by atoms with van der Waals surface area (Å²) in [6, 6.07) is 12.5. The van der Waals surface area contributed by atoms with Crippen LogP contribution >= 0.6 is 0 Å². The van der Waals surface area contributed by atoms with Gasteiger partial charge in [0.05, 0.1) is 13.4 Å². The summed E-state index contributed by atoms with van der Waals surface area (Å²) in [6.45, 7) is 2.35. The largest absolute Gasteiger partial charge is 0.496 e. The molecule has 2 rings (SSSR count). The van der Waals surface area contributed by atoms with E-state index in [0.717, 1.165) is 24.0 Å². The van der Waals surface area contributed by atoms with Gasteiger partial charge in [0, 0.05) is 11.1 Å². The predicted molar refractivity (Wildman–Crippen MR) is 95.5 cm³/mol. The fraction of sp³-hybridized carbons (Fsp3) is 0.278. The summed E-state index contributed by atoms with van der Waals surface area (Å²) in [5.41, 5.74) is 2.17. The quantitative estimate of drug-likeness (QED) is 0.817. The van der Waals surface area contributed by atoms with Crippen LogP contribution in [0.2, 0.25) is 0 Å². The molecule has 1 amide bonds. The highest BCUT2D eigenvalue weighted by atomic mass is 32.2. The number of amides is 1. The number of carbonyl (C=O) groups is 1. The predicted octanol–water partition coefficient (Wildman–Crippen LogP) is 2.53. The van der Waals surface area contributed by atoms with E-state index in [1.54, 1.807) is 6.07 Å². The molecule has 0 radical (unpaired) electrons. The van der Waals surface area contributed by atoms with Crippen molar-refractivity contribution in [3.05, 3.63) is 59.2 Å². The standard InChI is InChI=1S/C18H21NO5S/c1-4-13-5-9-16(10-6-13)24-12-15-8-7-14(11-17(15)23-2)18(20)19-25(3,21)22/h5-11H,4,12H2,1-3H3,(H,19,20). The summed E-state index contributed by atoms with van der Waals surface area (Å²) < 4.78 is 35.3. The Labute approximate surface area is 147 Å². The Morgan fingerprint density at radius 2 is 1.80 bits per heavy atom. The average molecular weight is 363 g/mol. The van der Waals surface area contributed by atoms with E-state index in [9.17, 15) is 13.2 Å². The zero-order valence-electron chi connectivity index (χ0n) is 14.4. The van der Waals surface area contributed by atoms with Crippen LogP contribution in [-0.4, -0.2) is 27.7 Å². The molecule has 0 saturated carbocycles. The first kappa shape index (κ1) is 18.8. The van der Waals surface area contributed by atoms with Crippen molar-refractivity contribution in [1.82, 2.24) is 4.72 Å². The topological polar surface area (TPSA) is 81.7 Å². The van der Waals surface area contributed by atoms with Gasteiger partial charge in [-0.25, -0.2) is 13.1 Å². The molecule has 0 aliphatic heterocycles. The Bertz CT molecular complexity index is 844. The van der Waals surface area contributed by atoms with Crippen LogP contribution < -0.4 is 14.2 Å². The second-order valence-corrected chi connectivity index (χ2v) is 7.26. The second kappa shape index (κ2) is 8.02. The van der Waals surface area contributed by atoms with Gasteiger partial charge in [0.25, 0.3) is 5.91 Å². The average Bonchev–Trinajstić information content (AvgIpc) is 2.58. The molecule has 0 atom stereocenters. The molecule has 6 nitrogen and oxygen atoms in total. The van der Waals surface area contributed by atoms with Crippen molar-refractivity contribution in [3.63, 3.8) is 0 Å². The zero-order valence-corrected chi connectivity index (χ0v) is 15.2. The van der Waals surface area contributed by atoms with E-state index in [1.807, 2.05) is 29.0 Å². The lowest BCUT2D eigenvalue weighted by atomic mass is 10.1. The molecule has 0 aliphatic rings. The second-order valence-electron chi connectivity index (χ2n) is 5.52. The highest BCUT2D eigenvalue weighted by Gasteiger charge is 2.14. The van der Waals surface area contributed by atoms with Crippen LogP contribution in [0.1, 0.15) is 28.4 Å². The lowest BCUT2D eigenvalue weighted by Crippen LogP contribution is -2.29. The Morgan fingerprint density at radius 3 is 2.36 bits per heavy atom. The number of aryl methyl sites for hydroxylation is 1. The molecule has 0 bridgehead atoms. The summed E-state index contributed by atoms with van der Waals surface area (Å²) in [7, 11) is -2.14. The van der Waals surface area contributed by atoms with E-state index >= 15 is 0 Å². The van der Waals surface area contributed by atoms with Gasteiger partial charge in [-0.2, -0.15) is 0 Å². The van der Waals surface area contributed by atoms with Crippen LogP contribution in [0.25, 0.3) is 0 Å². The molecule has 1 N–H and O–H groups in total. The first-order valence-electron chi connectivity index (χ1n) is 7.73. The Morgan fingerprint density at radius 1 is 1.12 bits per heavy atom. The molecule has 0 fully saturated rings. The minimum atomic E-state index is -3.62. The Kier molecular flexibility index (Phi) is 6.03. The highest BCUT2D eigenvalue weighted by molar-refractivity contribution is 7.89. The van der Waals surface area contributed by atoms with E-state index < -0.39 is 15.9 Å². The van der Waals surface area contributed by atoms with Crippen molar-refractivity contribution in [2.75, 3.05) is 13.4 Å². The molecule has 0 heterocycles. The van der Waals surface area contributed by atoms with E-state index in [-0.39, 0.29) is 12.2 Å². The lowest BCUT2D eigenvalue weighted by molar-refractivity contribution is 0.0981. The summed E-state index contributed by atoms with van der Waals surface area (Å²) >= 11 is 0. The first-order chi connectivity index (χ1) is 11.8. The van der Waals surface area contributed by atoms with E-state index in [4.69, 9.17) is 9.47 Å². The maximum atomic E-state index is 11.9. The lowest BCUT2D eigenvalue weighted by Gasteiger charge is -2.12. The Hall–Kier alpha value is -2.54. The van der Waals surface area contributed by atoms with Crippen molar-refractivity contribution in [1.29, 1.82) is 0 Å². The summed E-state index contributed by atoms with van der Waals surface area (Å²) in [4.78, 5) is 11.9. The van der Waals surface area contributed by atoms with Crippen LogP contribution in [0.5, 0.6) is 11.5 Å². The van der Waals surface area contributed by atoms with Gasteiger partial charge < -0.3 is 9.47 Å².